The predicted molar refractivity (Wildman–Crippen MR) is 58.7 cm³/mol. The summed E-state index contributed by atoms with van der Waals surface area (Å²) in [5.41, 5.74) is -0.107. The van der Waals surface area contributed by atoms with Gasteiger partial charge in [0.25, 0.3) is 0 Å². The minimum Gasteiger partial charge on any atom is -0.310 e. The van der Waals surface area contributed by atoms with E-state index in [4.69, 9.17) is 0 Å². The molecule has 2 heterocycles. The van der Waals surface area contributed by atoms with Crippen LogP contribution in [0, 0.1) is 17.6 Å². The lowest BCUT2D eigenvalue weighted by molar-refractivity contribution is 0.0895. The van der Waals surface area contributed by atoms with Crippen molar-refractivity contribution < 1.29 is 13.6 Å². The van der Waals surface area contributed by atoms with Gasteiger partial charge < -0.3 is 5.32 Å². The summed E-state index contributed by atoms with van der Waals surface area (Å²) in [5, 5.41) is 3.33. The van der Waals surface area contributed by atoms with E-state index in [0.29, 0.717) is 6.04 Å². The van der Waals surface area contributed by atoms with E-state index in [1.807, 2.05) is 0 Å². The van der Waals surface area contributed by atoms with Gasteiger partial charge in [-0.3, -0.25) is 4.79 Å². The van der Waals surface area contributed by atoms with Crippen LogP contribution in [0.15, 0.2) is 18.2 Å². The molecule has 3 rings (SSSR count). The summed E-state index contributed by atoms with van der Waals surface area (Å²) in [6, 6.07) is 4.31. The first-order chi connectivity index (χ1) is 8.16. The largest absolute Gasteiger partial charge is 0.310 e. The Bertz CT molecular complexity index is 474. The summed E-state index contributed by atoms with van der Waals surface area (Å²) in [4.78, 5) is 12.2. The highest BCUT2D eigenvalue weighted by Crippen LogP contribution is 2.35. The van der Waals surface area contributed by atoms with Gasteiger partial charge in [0, 0.05) is 18.0 Å². The Kier molecular flexibility index (Phi) is 2.47. The molecule has 2 bridgehead atoms. The quantitative estimate of drug-likeness (QED) is 0.799. The first-order valence-corrected chi connectivity index (χ1v) is 5.91. The Morgan fingerprint density at radius 1 is 1.29 bits per heavy atom. The molecule has 90 valence electrons. The summed E-state index contributed by atoms with van der Waals surface area (Å²) in [6.07, 6.45) is 2.79. The lowest BCUT2D eigenvalue weighted by Gasteiger charge is -2.18. The van der Waals surface area contributed by atoms with E-state index >= 15 is 0 Å². The van der Waals surface area contributed by atoms with Crippen LogP contribution in [0.1, 0.15) is 29.6 Å². The first kappa shape index (κ1) is 10.8. The van der Waals surface area contributed by atoms with E-state index in [-0.39, 0.29) is 23.3 Å². The molecule has 2 saturated heterocycles. The molecule has 1 aromatic rings. The summed E-state index contributed by atoms with van der Waals surface area (Å²) in [7, 11) is 0. The smallest absolute Gasteiger partial charge is 0.170 e. The molecule has 0 saturated carbocycles. The second-order valence-electron chi connectivity index (χ2n) is 4.86. The van der Waals surface area contributed by atoms with Crippen molar-refractivity contribution in [3.8, 4) is 0 Å². The molecule has 3 atom stereocenters. The van der Waals surface area contributed by atoms with Crippen LogP contribution < -0.4 is 5.32 Å². The molecule has 2 aliphatic rings. The van der Waals surface area contributed by atoms with Crippen molar-refractivity contribution in [3.63, 3.8) is 0 Å². The van der Waals surface area contributed by atoms with E-state index in [9.17, 15) is 13.6 Å². The highest BCUT2D eigenvalue weighted by molar-refractivity contribution is 5.98. The molecule has 0 aromatic heterocycles. The van der Waals surface area contributed by atoms with Crippen LogP contribution in [-0.2, 0) is 0 Å². The standard InChI is InChI=1S/C13H13F2NO/c14-10-3-1-2-8(12(10)15)13(17)9-6-7-4-5-11(9)16-7/h1-3,7,9,11,16H,4-6H2. The van der Waals surface area contributed by atoms with Crippen LogP contribution in [0.3, 0.4) is 0 Å². The third-order valence-corrected chi connectivity index (χ3v) is 3.85. The Morgan fingerprint density at radius 2 is 2.12 bits per heavy atom. The van der Waals surface area contributed by atoms with Crippen molar-refractivity contribution in [1.29, 1.82) is 0 Å². The Hall–Kier alpha value is -1.29. The first-order valence-electron chi connectivity index (χ1n) is 5.91. The van der Waals surface area contributed by atoms with E-state index in [2.05, 4.69) is 5.32 Å². The van der Waals surface area contributed by atoms with E-state index in [0.717, 1.165) is 25.3 Å². The zero-order valence-corrected chi connectivity index (χ0v) is 9.25. The fourth-order valence-electron chi connectivity index (χ4n) is 3.01. The molecule has 2 fully saturated rings. The summed E-state index contributed by atoms with van der Waals surface area (Å²) >= 11 is 0. The molecular weight excluding hydrogens is 224 g/mol. The van der Waals surface area contributed by atoms with Gasteiger partial charge >= 0.3 is 0 Å². The van der Waals surface area contributed by atoms with Crippen molar-refractivity contribution >= 4 is 5.78 Å². The molecular formula is C13H13F2NO. The van der Waals surface area contributed by atoms with Crippen molar-refractivity contribution in [2.75, 3.05) is 0 Å². The highest BCUT2D eigenvalue weighted by atomic mass is 19.2. The Balaban J connectivity index is 1.89. The number of carbonyl (C=O) groups is 1. The Morgan fingerprint density at radius 3 is 2.76 bits per heavy atom. The van der Waals surface area contributed by atoms with Crippen molar-refractivity contribution in [3.05, 3.63) is 35.4 Å². The van der Waals surface area contributed by atoms with Crippen LogP contribution in [0.2, 0.25) is 0 Å². The van der Waals surface area contributed by atoms with Crippen molar-refractivity contribution in [2.24, 2.45) is 5.92 Å². The van der Waals surface area contributed by atoms with Crippen LogP contribution in [0.25, 0.3) is 0 Å². The molecule has 17 heavy (non-hydrogen) atoms. The van der Waals surface area contributed by atoms with E-state index < -0.39 is 11.6 Å². The Labute approximate surface area is 98.0 Å². The zero-order valence-electron chi connectivity index (χ0n) is 9.25. The van der Waals surface area contributed by atoms with Gasteiger partial charge in [-0.2, -0.15) is 0 Å². The van der Waals surface area contributed by atoms with Gasteiger partial charge in [-0.1, -0.05) is 6.07 Å². The number of carbonyl (C=O) groups excluding carboxylic acids is 1. The van der Waals surface area contributed by atoms with E-state index in [1.54, 1.807) is 0 Å². The third-order valence-electron chi connectivity index (χ3n) is 3.85. The van der Waals surface area contributed by atoms with Crippen LogP contribution in [-0.4, -0.2) is 17.9 Å². The molecule has 0 spiro atoms. The van der Waals surface area contributed by atoms with E-state index in [1.165, 1.54) is 12.1 Å². The topological polar surface area (TPSA) is 29.1 Å². The molecule has 1 aromatic carbocycles. The number of nitrogens with one attached hydrogen (secondary N) is 1. The molecule has 4 heteroatoms. The fraction of sp³-hybridized carbons (Fsp3) is 0.462. The third kappa shape index (κ3) is 1.67. The minimum atomic E-state index is -1.01. The normalized spacial score (nSPS) is 30.8. The summed E-state index contributed by atoms with van der Waals surface area (Å²) < 4.78 is 26.6. The van der Waals surface area contributed by atoms with Gasteiger partial charge in [0.05, 0.1) is 5.56 Å². The molecule has 3 unspecified atom stereocenters. The second kappa shape index (κ2) is 3.88. The van der Waals surface area contributed by atoms with Crippen LogP contribution >= 0.6 is 0 Å². The fourth-order valence-corrected chi connectivity index (χ4v) is 3.01. The number of hydrogen-bond acceptors (Lipinski definition) is 2. The van der Waals surface area contributed by atoms with Gasteiger partial charge in [-0.15, -0.1) is 0 Å². The molecule has 0 aliphatic carbocycles. The second-order valence-corrected chi connectivity index (χ2v) is 4.86. The molecule has 0 amide bonds. The number of ketones is 1. The molecule has 2 nitrogen and oxygen atoms in total. The number of fused-ring (bicyclic) bond motifs is 2. The predicted octanol–water partition coefficient (Wildman–Crippen LogP) is 2.29. The number of rotatable bonds is 2. The maximum atomic E-state index is 13.5. The number of Topliss-reactive ketones (excluding diaryl/α,β-unsaturated/α-hetero) is 1. The van der Waals surface area contributed by atoms with Crippen molar-refractivity contribution in [2.45, 2.75) is 31.3 Å². The SMILES string of the molecule is O=C(c1cccc(F)c1F)C1CC2CCC1N2. The van der Waals surface area contributed by atoms with Gasteiger partial charge in [0.2, 0.25) is 0 Å². The monoisotopic (exact) mass is 237 g/mol. The molecule has 0 radical (unpaired) electrons. The molecule has 1 N–H and O–H groups in total. The number of benzene rings is 1. The van der Waals surface area contributed by atoms with Crippen LogP contribution in [0.4, 0.5) is 8.78 Å². The average Bonchev–Trinajstić information content (AvgIpc) is 2.94. The zero-order chi connectivity index (χ0) is 12.0. The number of hydrogen-bond donors (Lipinski definition) is 1. The lowest BCUT2D eigenvalue weighted by atomic mass is 9.83. The number of halogens is 2. The lowest BCUT2D eigenvalue weighted by Crippen LogP contribution is -2.29. The summed E-state index contributed by atoms with van der Waals surface area (Å²) in [5.74, 6) is -2.42. The van der Waals surface area contributed by atoms with Crippen LogP contribution in [0.5, 0.6) is 0 Å². The maximum Gasteiger partial charge on any atom is 0.170 e. The minimum absolute atomic E-state index is 0.107. The van der Waals surface area contributed by atoms with Crippen molar-refractivity contribution in [1.82, 2.24) is 5.32 Å². The van der Waals surface area contributed by atoms with Gasteiger partial charge in [0.15, 0.2) is 17.4 Å². The maximum absolute atomic E-state index is 13.5. The molecule has 2 aliphatic heterocycles. The van der Waals surface area contributed by atoms with Gasteiger partial charge in [-0.05, 0) is 31.4 Å². The van der Waals surface area contributed by atoms with Gasteiger partial charge in [-0.25, -0.2) is 8.78 Å². The van der Waals surface area contributed by atoms with Gasteiger partial charge in [0.1, 0.15) is 0 Å². The highest BCUT2D eigenvalue weighted by Gasteiger charge is 2.43. The average molecular weight is 237 g/mol. The summed E-state index contributed by atoms with van der Waals surface area (Å²) in [6.45, 7) is 0.